The van der Waals surface area contributed by atoms with Crippen LogP contribution in [0.15, 0.2) is 41.4 Å². The highest BCUT2D eigenvalue weighted by Gasteiger charge is 2.16. The van der Waals surface area contributed by atoms with E-state index in [-0.39, 0.29) is 11.4 Å². The third-order valence-corrected chi connectivity index (χ3v) is 4.61. The van der Waals surface area contributed by atoms with E-state index in [2.05, 4.69) is 9.71 Å². The van der Waals surface area contributed by atoms with E-state index < -0.39 is 10.0 Å². The van der Waals surface area contributed by atoms with Crippen molar-refractivity contribution in [2.24, 2.45) is 0 Å². The number of halogens is 1. The van der Waals surface area contributed by atoms with Crippen LogP contribution in [-0.2, 0) is 16.6 Å². The van der Waals surface area contributed by atoms with Gasteiger partial charge in [0.05, 0.1) is 17.1 Å². The lowest BCUT2D eigenvalue weighted by molar-refractivity contribution is 0.580. The number of sulfonamides is 1. The fourth-order valence-corrected chi connectivity index (χ4v) is 2.94. The van der Waals surface area contributed by atoms with Crippen molar-refractivity contribution < 1.29 is 8.42 Å². The van der Waals surface area contributed by atoms with Gasteiger partial charge in [-0.15, -0.1) is 0 Å². The Morgan fingerprint density at radius 1 is 1.35 bits per heavy atom. The molecule has 0 atom stereocenters. The molecule has 3 N–H and O–H groups in total. The number of nitrogens with two attached hydrogens (primary N) is 1. The number of benzene rings is 1. The molecule has 0 radical (unpaired) electrons. The van der Waals surface area contributed by atoms with Gasteiger partial charge in [0.2, 0.25) is 10.0 Å². The average Bonchev–Trinajstić information content (AvgIpc) is 2.43. The van der Waals surface area contributed by atoms with Crippen molar-refractivity contribution in [3.05, 3.63) is 52.8 Å². The molecule has 0 spiro atoms. The molecule has 5 nitrogen and oxygen atoms in total. The summed E-state index contributed by atoms with van der Waals surface area (Å²) in [6.45, 7) is 1.84. The van der Waals surface area contributed by atoms with E-state index in [1.807, 2.05) is 0 Å². The van der Waals surface area contributed by atoms with Crippen molar-refractivity contribution in [1.82, 2.24) is 9.71 Å². The highest BCUT2D eigenvalue weighted by molar-refractivity contribution is 7.89. The maximum atomic E-state index is 12.2. The van der Waals surface area contributed by atoms with Crippen LogP contribution >= 0.6 is 11.6 Å². The number of aromatic nitrogens is 1. The fourth-order valence-electron chi connectivity index (χ4n) is 1.58. The Kier molecular flexibility index (Phi) is 4.27. The molecular formula is C13H14ClN3O2S. The van der Waals surface area contributed by atoms with Gasteiger partial charge in [-0.3, -0.25) is 4.98 Å². The van der Waals surface area contributed by atoms with Gasteiger partial charge in [0.1, 0.15) is 0 Å². The first kappa shape index (κ1) is 14.8. The lowest BCUT2D eigenvalue weighted by atomic mass is 10.2. The quantitative estimate of drug-likeness (QED) is 0.847. The molecule has 1 aromatic heterocycles. The Labute approximate surface area is 122 Å². The number of nitrogen functional groups attached to an aromatic ring is 1. The zero-order valence-corrected chi connectivity index (χ0v) is 12.4. The van der Waals surface area contributed by atoms with Gasteiger partial charge in [-0.05, 0) is 36.8 Å². The molecule has 2 aromatic rings. The lowest BCUT2D eigenvalue weighted by Crippen LogP contribution is -2.24. The summed E-state index contributed by atoms with van der Waals surface area (Å²) in [5.74, 6) is 0. The van der Waals surface area contributed by atoms with Crippen LogP contribution in [0, 0.1) is 6.92 Å². The largest absolute Gasteiger partial charge is 0.398 e. The third kappa shape index (κ3) is 3.27. The first-order valence-corrected chi connectivity index (χ1v) is 7.71. The fraction of sp³-hybridized carbons (Fsp3) is 0.154. The van der Waals surface area contributed by atoms with Gasteiger partial charge in [-0.25, -0.2) is 13.1 Å². The second-order valence-corrected chi connectivity index (χ2v) is 6.44. The number of pyridine rings is 1. The summed E-state index contributed by atoms with van der Waals surface area (Å²) in [4.78, 5) is 4.09. The summed E-state index contributed by atoms with van der Waals surface area (Å²) in [6, 6.07) is 8.06. The van der Waals surface area contributed by atoms with Gasteiger partial charge < -0.3 is 5.73 Å². The molecule has 0 fully saturated rings. The molecule has 2 rings (SSSR count). The van der Waals surface area contributed by atoms with E-state index >= 15 is 0 Å². The zero-order chi connectivity index (χ0) is 14.8. The van der Waals surface area contributed by atoms with Crippen LogP contribution in [0.1, 0.15) is 11.3 Å². The van der Waals surface area contributed by atoms with Gasteiger partial charge in [-0.1, -0.05) is 17.7 Å². The highest BCUT2D eigenvalue weighted by Crippen LogP contribution is 2.25. The molecule has 0 unspecified atom stereocenters. The Balaban J connectivity index is 2.23. The zero-order valence-electron chi connectivity index (χ0n) is 10.8. The van der Waals surface area contributed by atoms with Crippen LogP contribution in [0.5, 0.6) is 0 Å². The molecule has 20 heavy (non-hydrogen) atoms. The summed E-state index contributed by atoms with van der Waals surface area (Å²) in [5.41, 5.74) is 7.37. The number of hydrogen-bond acceptors (Lipinski definition) is 4. The monoisotopic (exact) mass is 311 g/mol. The van der Waals surface area contributed by atoms with Crippen LogP contribution in [0.25, 0.3) is 0 Å². The van der Waals surface area contributed by atoms with E-state index in [0.29, 0.717) is 22.0 Å². The van der Waals surface area contributed by atoms with Crippen molar-refractivity contribution in [2.45, 2.75) is 18.4 Å². The van der Waals surface area contributed by atoms with Crippen molar-refractivity contribution in [3.8, 4) is 0 Å². The molecule has 1 heterocycles. The van der Waals surface area contributed by atoms with E-state index in [9.17, 15) is 8.42 Å². The normalized spacial score (nSPS) is 11.5. The predicted octanol–water partition coefficient (Wildman–Crippen LogP) is 2.10. The minimum Gasteiger partial charge on any atom is -0.398 e. The number of hydrogen-bond donors (Lipinski definition) is 2. The minimum atomic E-state index is -3.67. The molecule has 0 aliphatic carbocycles. The summed E-state index contributed by atoms with van der Waals surface area (Å²) in [5, 5.41) is 0.322. The van der Waals surface area contributed by atoms with Gasteiger partial charge >= 0.3 is 0 Å². The lowest BCUT2D eigenvalue weighted by Gasteiger charge is -2.09. The van der Waals surface area contributed by atoms with Crippen LogP contribution in [0.3, 0.4) is 0 Å². The highest BCUT2D eigenvalue weighted by atomic mass is 35.5. The van der Waals surface area contributed by atoms with E-state index in [1.54, 1.807) is 31.3 Å². The summed E-state index contributed by atoms with van der Waals surface area (Å²) >= 11 is 5.96. The van der Waals surface area contributed by atoms with Gasteiger partial charge in [0.25, 0.3) is 0 Å². The molecule has 0 bridgehead atoms. The summed E-state index contributed by atoms with van der Waals surface area (Å²) < 4.78 is 26.8. The first-order valence-electron chi connectivity index (χ1n) is 5.85. The second-order valence-electron chi connectivity index (χ2n) is 4.26. The second kappa shape index (κ2) is 5.78. The number of anilines is 1. The van der Waals surface area contributed by atoms with Gasteiger partial charge in [-0.2, -0.15) is 0 Å². The molecule has 0 saturated heterocycles. The van der Waals surface area contributed by atoms with E-state index in [0.717, 1.165) is 0 Å². The van der Waals surface area contributed by atoms with Gasteiger partial charge in [0, 0.05) is 16.9 Å². The average molecular weight is 312 g/mol. The van der Waals surface area contributed by atoms with Crippen LogP contribution in [0.4, 0.5) is 5.69 Å². The predicted molar refractivity (Wildman–Crippen MR) is 78.9 cm³/mol. The maximum absolute atomic E-state index is 12.2. The molecule has 0 aliphatic heterocycles. The molecule has 0 aliphatic rings. The Hall–Kier alpha value is -1.63. The topological polar surface area (TPSA) is 85.1 Å². The van der Waals surface area contributed by atoms with Crippen molar-refractivity contribution in [3.63, 3.8) is 0 Å². The minimum absolute atomic E-state index is 0.0431. The van der Waals surface area contributed by atoms with Crippen LogP contribution in [-0.4, -0.2) is 13.4 Å². The summed E-state index contributed by atoms with van der Waals surface area (Å²) in [7, 11) is -3.67. The Morgan fingerprint density at radius 3 is 2.70 bits per heavy atom. The van der Waals surface area contributed by atoms with Crippen molar-refractivity contribution >= 4 is 27.3 Å². The first-order chi connectivity index (χ1) is 9.40. The smallest absolute Gasteiger partial charge is 0.241 e. The molecule has 7 heteroatoms. The van der Waals surface area contributed by atoms with Crippen LogP contribution < -0.4 is 10.5 Å². The molecule has 1 aromatic carbocycles. The third-order valence-electron chi connectivity index (χ3n) is 2.84. The van der Waals surface area contributed by atoms with E-state index in [4.69, 9.17) is 17.3 Å². The molecule has 0 amide bonds. The SMILES string of the molecule is Cc1c(N)cc(S(=O)(=O)NCc2ccccn2)cc1Cl. The van der Waals surface area contributed by atoms with E-state index in [1.165, 1.54) is 12.1 Å². The molecule has 106 valence electrons. The Bertz CT molecular complexity index is 695. The molecule has 0 saturated carbocycles. The molecular weight excluding hydrogens is 298 g/mol. The van der Waals surface area contributed by atoms with Gasteiger partial charge in [0.15, 0.2) is 0 Å². The van der Waals surface area contributed by atoms with Crippen molar-refractivity contribution in [2.75, 3.05) is 5.73 Å². The standard InChI is InChI=1S/C13H14ClN3O2S/c1-9-12(14)6-11(7-13(9)15)20(18,19)17-8-10-4-2-3-5-16-10/h2-7,17H,8,15H2,1H3. The Morgan fingerprint density at radius 2 is 2.10 bits per heavy atom. The maximum Gasteiger partial charge on any atom is 0.241 e. The number of nitrogens with zero attached hydrogens (tertiary/aromatic N) is 1. The summed E-state index contributed by atoms with van der Waals surface area (Å²) in [6.07, 6.45) is 1.60. The number of rotatable bonds is 4. The number of nitrogens with one attached hydrogen (secondary N) is 1. The van der Waals surface area contributed by atoms with Crippen LogP contribution in [0.2, 0.25) is 5.02 Å². The van der Waals surface area contributed by atoms with Crippen molar-refractivity contribution in [1.29, 1.82) is 0 Å².